The molecular formula is C21H32O9SSi. The molecule has 0 saturated carbocycles. The molecule has 3 fully saturated rings. The maximum atomic E-state index is 12.5. The quantitative estimate of drug-likeness (QED) is 0.592. The lowest BCUT2D eigenvalue weighted by Gasteiger charge is -2.43. The van der Waals surface area contributed by atoms with Gasteiger partial charge in [0, 0.05) is 5.56 Å². The lowest BCUT2D eigenvalue weighted by atomic mass is 9.98. The highest BCUT2D eigenvalue weighted by Crippen LogP contribution is 2.39. The first kappa shape index (κ1) is 24.2. The number of fused-ring (bicyclic) bond motifs is 3. The van der Waals surface area contributed by atoms with Crippen molar-refractivity contribution in [2.24, 2.45) is 0 Å². The van der Waals surface area contributed by atoms with Crippen molar-refractivity contribution in [1.29, 1.82) is 0 Å². The Morgan fingerprint density at radius 3 is 2.41 bits per heavy atom. The Balaban J connectivity index is 1.56. The van der Waals surface area contributed by atoms with E-state index in [0.717, 1.165) is 5.56 Å². The summed E-state index contributed by atoms with van der Waals surface area (Å²) in [7, 11) is -6.42. The van der Waals surface area contributed by atoms with E-state index in [1.165, 1.54) is 0 Å². The monoisotopic (exact) mass is 488 g/mol. The average Bonchev–Trinajstić information content (AvgIpc) is 2.90. The third-order valence-corrected chi connectivity index (χ3v) is 12.0. The number of benzene rings is 1. The van der Waals surface area contributed by atoms with Crippen LogP contribution in [0.15, 0.2) is 30.3 Å². The standard InChI is InChI=1S/C21H32O9SSi/c1-21(2,3)32(4,5)27-12-16-17-19(30-31(22,23)29-16)18-15(25-13-26-17)11-24-20(28-18)14-9-7-6-8-10-14/h6-10,15-20H,11-13H2,1-5H3/t15-,16?,17-,18-,19?,20-/m1/s1. The molecule has 0 aliphatic carbocycles. The van der Waals surface area contributed by atoms with E-state index in [4.69, 9.17) is 31.7 Å². The van der Waals surface area contributed by atoms with E-state index in [0.29, 0.717) is 0 Å². The molecule has 0 spiro atoms. The van der Waals surface area contributed by atoms with E-state index < -0.39 is 55.5 Å². The first-order chi connectivity index (χ1) is 15.0. The Hall–Kier alpha value is -0.893. The molecule has 9 nitrogen and oxygen atoms in total. The number of hydrogen-bond donors (Lipinski definition) is 0. The molecule has 0 N–H and O–H groups in total. The summed E-state index contributed by atoms with van der Waals surface area (Å²) >= 11 is 0. The van der Waals surface area contributed by atoms with Crippen LogP contribution in [0.1, 0.15) is 32.6 Å². The molecule has 0 amide bonds. The fourth-order valence-corrected chi connectivity index (χ4v) is 5.69. The molecule has 0 aromatic heterocycles. The summed E-state index contributed by atoms with van der Waals surface area (Å²) in [4.78, 5) is 0. The molecule has 3 saturated heterocycles. The molecule has 4 rings (SSSR count). The largest absolute Gasteiger partial charge is 0.414 e. The maximum Gasteiger partial charge on any atom is 0.400 e. The van der Waals surface area contributed by atoms with Gasteiger partial charge in [0.05, 0.1) is 13.2 Å². The third kappa shape index (κ3) is 5.11. The molecule has 1 aromatic rings. The van der Waals surface area contributed by atoms with E-state index in [2.05, 4.69) is 33.9 Å². The van der Waals surface area contributed by atoms with Gasteiger partial charge < -0.3 is 23.4 Å². The van der Waals surface area contributed by atoms with Crippen LogP contribution in [0.3, 0.4) is 0 Å². The summed E-state index contributed by atoms with van der Waals surface area (Å²) < 4.78 is 65.5. The van der Waals surface area contributed by atoms with Crippen LogP contribution in [0.5, 0.6) is 0 Å². The predicted molar refractivity (Wildman–Crippen MR) is 116 cm³/mol. The first-order valence-electron chi connectivity index (χ1n) is 10.8. The SMILES string of the molecule is CC(C)(C)[Si](C)(C)OCC1OS(=O)(=O)OC2[C@@H]1OCO[C@@H]1CO[C@@H](c3ccccc3)O[C@@H]21. The van der Waals surface area contributed by atoms with Crippen molar-refractivity contribution in [2.45, 2.75) is 75.7 Å². The number of ether oxygens (including phenoxy) is 4. The van der Waals surface area contributed by atoms with Gasteiger partial charge in [0.2, 0.25) is 0 Å². The van der Waals surface area contributed by atoms with Crippen molar-refractivity contribution in [3.63, 3.8) is 0 Å². The van der Waals surface area contributed by atoms with Crippen LogP contribution in [-0.4, -0.2) is 67.3 Å². The molecule has 11 heteroatoms. The van der Waals surface area contributed by atoms with E-state index in [-0.39, 0.29) is 25.0 Å². The average molecular weight is 489 g/mol. The molecule has 32 heavy (non-hydrogen) atoms. The minimum absolute atomic E-state index is 0.0400. The van der Waals surface area contributed by atoms with Gasteiger partial charge in [-0.25, -0.2) is 8.37 Å². The lowest BCUT2D eigenvalue weighted by Crippen LogP contribution is -2.59. The summed E-state index contributed by atoms with van der Waals surface area (Å²) in [5.41, 5.74) is 0.820. The van der Waals surface area contributed by atoms with Gasteiger partial charge in [0.15, 0.2) is 14.6 Å². The summed E-state index contributed by atoms with van der Waals surface area (Å²) in [6.07, 6.45) is -4.51. The molecule has 3 aliphatic rings. The van der Waals surface area contributed by atoms with Gasteiger partial charge in [-0.3, -0.25) is 0 Å². The van der Waals surface area contributed by atoms with Crippen LogP contribution >= 0.6 is 0 Å². The van der Waals surface area contributed by atoms with E-state index >= 15 is 0 Å². The summed E-state index contributed by atoms with van der Waals surface area (Å²) in [6, 6.07) is 9.43. The summed E-state index contributed by atoms with van der Waals surface area (Å²) in [5, 5.41) is -0.0400. The maximum absolute atomic E-state index is 12.5. The van der Waals surface area contributed by atoms with Gasteiger partial charge in [-0.15, -0.1) is 0 Å². The van der Waals surface area contributed by atoms with Crippen LogP contribution < -0.4 is 0 Å². The predicted octanol–water partition coefficient (Wildman–Crippen LogP) is 2.89. The fourth-order valence-electron chi connectivity index (χ4n) is 3.67. The second-order valence-electron chi connectivity index (χ2n) is 9.81. The second-order valence-corrected chi connectivity index (χ2v) is 15.8. The zero-order chi connectivity index (χ0) is 23.1. The van der Waals surface area contributed by atoms with Crippen molar-refractivity contribution in [2.75, 3.05) is 20.0 Å². The molecule has 2 unspecified atom stereocenters. The zero-order valence-corrected chi connectivity index (χ0v) is 20.9. The molecule has 3 heterocycles. The van der Waals surface area contributed by atoms with Gasteiger partial charge in [-0.1, -0.05) is 51.1 Å². The number of hydrogen-bond acceptors (Lipinski definition) is 9. The number of rotatable bonds is 4. The Labute approximate surface area is 190 Å². The second kappa shape index (κ2) is 9.04. The van der Waals surface area contributed by atoms with Crippen LogP contribution in [0.4, 0.5) is 0 Å². The van der Waals surface area contributed by atoms with Gasteiger partial charge in [0.25, 0.3) is 0 Å². The highest BCUT2D eigenvalue weighted by atomic mass is 32.3. The van der Waals surface area contributed by atoms with Crippen LogP contribution in [0, 0.1) is 0 Å². The summed E-state index contributed by atoms with van der Waals surface area (Å²) in [5.74, 6) is 0. The zero-order valence-electron chi connectivity index (χ0n) is 19.1. The van der Waals surface area contributed by atoms with Crippen molar-refractivity contribution < 1.29 is 40.2 Å². The minimum Gasteiger partial charge on any atom is -0.414 e. The van der Waals surface area contributed by atoms with Crippen molar-refractivity contribution in [3.05, 3.63) is 35.9 Å². The summed E-state index contributed by atoms with van der Waals surface area (Å²) in [6.45, 7) is 10.8. The van der Waals surface area contributed by atoms with Crippen LogP contribution in [0.25, 0.3) is 0 Å². The molecule has 0 bridgehead atoms. The topological polar surface area (TPSA) is 98.8 Å². The third-order valence-electron chi connectivity index (χ3n) is 6.57. The van der Waals surface area contributed by atoms with Crippen molar-refractivity contribution in [3.8, 4) is 0 Å². The normalized spacial score (nSPS) is 35.4. The molecular weight excluding hydrogens is 456 g/mol. The molecule has 3 aliphatic heterocycles. The molecule has 0 radical (unpaired) electrons. The van der Waals surface area contributed by atoms with Crippen LogP contribution in [-0.2, 0) is 42.1 Å². The highest BCUT2D eigenvalue weighted by molar-refractivity contribution is 7.82. The van der Waals surface area contributed by atoms with E-state index in [1.807, 2.05) is 30.3 Å². The van der Waals surface area contributed by atoms with Crippen molar-refractivity contribution >= 4 is 18.7 Å². The highest BCUT2D eigenvalue weighted by Gasteiger charge is 2.54. The molecule has 180 valence electrons. The molecule has 1 aromatic carbocycles. The lowest BCUT2D eigenvalue weighted by molar-refractivity contribution is -0.279. The van der Waals surface area contributed by atoms with Gasteiger partial charge in [0.1, 0.15) is 37.3 Å². The van der Waals surface area contributed by atoms with Crippen molar-refractivity contribution in [1.82, 2.24) is 0 Å². The van der Waals surface area contributed by atoms with E-state index in [9.17, 15) is 8.42 Å². The Morgan fingerprint density at radius 2 is 1.72 bits per heavy atom. The Morgan fingerprint density at radius 1 is 1.00 bits per heavy atom. The smallest absolute Gasteiger partial charge is 0.400 e. The van der Waals surface area contributed by atoms with Crippen LogP contribution in [0.2, 0.25) is 18.1 Å². The Kier molecular flexibility index (Phi) is 6.85. The fraction of sp³-hybridized carbons (Fsp3) is 0.714. The molecule has 6 atom stereocenters. The Bertz CT molecular complexity index is 886. The van der Waals surface area contributed by atoms with Gasteiger partial charge >= 0.3 is 10.4 Å². The minimum atomic E-state index is -4.28. The first-order valence-corrected chi connectivity index (χ1v) is 15.0. The van der Waals surface area contributed by atoms with Gasteiger partial charge in [-0.2, -0.15) is 8.42 Å². The van der Waals surface area contributed by atoms with Gasteiger partial charge in [-0.05, 0) is 18.1 Å². The van der Waals surface area contributed by atoms with E-state index in [1.54, 1.807) is 0 Å².